The van der Waals surface area contributed by atoms with Gasteiger partial charge >= 0.3 is 0 Å². The highest BCUT2D eigenvalue weighted by Gasteiger charge is 2.20. The van der Waals surface area contributed by atoms with E-state index in [-0.39, 0.29) is 24.2 Å². The summed E-state index contributed by atoms with van der Waals surface area (Å²) in [5.41, 5.74) is 0. The van der Waals surface area contributed by atoms with Crippen LogP contribution in [0.4, 0.5) is 0 Å². The van der Waals surface area contributed by atoms with Gasteiger partial charge in [0.05, 0.1) is 5.75 Å². The van der Waals surface area contributed by atoms with Crippen molar-refractivity contribution in [2.45, 2.75) is 13.8 Å². The second-order valence-corrected chi connectivity index (χ2v) is 5.83. The molecule has 0 aliphatic heterocycles. The molecule has 0 aliphatic carbocycles. The van der Waals surface area contributed by atoms with E-state index >= 15 is 0 Å². The van der Waals surface area contributed by atoms with Crippen molar-refractivity contribution >= 4 is 16.4 Å². The summed E-state index contributed by atoms with van der Waals surface area (Å²) in [5, 5.41) is 9.01. The fourth-order valence-electron chi connectivity index (χ4n) is 0.936. The average Bonchev–Trinajstić information content (AvgIpc) is 2.11. The van der Waals surface area contributed by atoms with Gasteiger partial charge in [-0.1, -0.05) is 13.8 Å². The first-order valence-corrected chi connectivity index (χ1v) is 6.45. The van der Waals surface area contributed by atoms with Gasteiger partial charge in [-0.25, -0.2) is 8.42 Å². The number of rotatable bonds is 6. The quantitative estimate of drug-likeness (QED) is 0.527. The molecule has 0 spiro atoms. The van der Waals surface area contributed by atoms with Gasteiger partial charge in [0.2, 0.25) is 0 Å². The molecule has 0 aromatic rings. The van der Waals surface area contributed by atoms with Gasteiger partial charge in [0.15, 0.2) is 0 Å². The summed E-state index contributed by atoms with van der Waals surface area (Å²) in [7, 11) is -0.0664. The van der Waals surface area contributed by atoms with E-state index < -0.39 is 10.0 Å². The maximum absolute atomic E-state index is 11.5. The van der Waals surface area contributed by atoms with Crippen LogP contribution in [-0.4, -0.2) is 51.2 Å². The molecule has 0 saturated heterocycles. The summed E-state index contributed by atoms with van der Waals surface area (Å²) in [6.07, 6.45) is 1.25. The van der Waals surface area contributed by atoms with Gasteiger partial charge in [-0.05, 0) is 5.92 Å². The molecule has 15 heavy (non-hydrogen) atoms. The van der Waals surface area contributed by atoms with Crippen molar-refractivity contribution in [1.82, 2.24) is 4.90 Å². The van der Waals surface area contributed by atoms with Crippen LogP contribution in [0, 0.1) is 11.8 Å². The van der Waals surface area contributed by atoms with E-state index in [0.29, 0.717) is 0 Å². The van der Waals surface area contributed by atoms with E-state index in [1.165, 1.54) is 6.34 Å². The van der Waals surface area contributed by atoms with Gasteiger partial charge in [-0.2, -0.15) is 4.40 Å². The van der Waals surface area contributed by atoms with Crippen molar-refractivity contribution in [3.05, 3.63) is 0 Å². The molecule has 0 heterocycles. The predicted molar refractivity (Wildman–Crippen MR) is 61.4 cm³/mol. The van der Waals surface area contributed by atoms with E-state index in [2.05, 4.69) is 4.40 Å². The van der Waals surface area contributed by atoms with Gasteiger partial charge in [0, 0.05) is 26.6 Å². The normalized spacial score (nSPS) is 14.8. The number of hydrogen-bond acceptors (Lipinski definition) is 3. The van der Waals surface area contributed by atoms with E-state index in [4.69, 9.17) is 5.11 Å². The molecule has 1 N–H and O–H groups in total. The molecular formula is C9H20N2O3S. The third-order valence-corrected chi connectivity index (χ3v) is 3.31. The zero-order valence-electron chi connectivity index (χ0n) is 9.71. The zero-order chi connectivity index (χ0) is 12.1. The van der Waals surface area contributed by atoms with Crippen molar-refractivity contribution in [1.29, 1.82) is 0 Å². The van der Waals surface area contributed by atoms with Crippen LogP contribution < -0.4 is 0 Å². The predicted octanol–water partition coefficient (Wildman–Crippen LogP) is 0.171. The first-order chi connectivity index (χ1) is 6.78. The number of sulfonamides is 1. The Morgan fingerprint density at radius 2 is 1.93 bits per heavy atom. The molecule has 0 aromatic carbocycles. The zero-order valence-corrected chi connectivity index (χ0v) is 10.5. The van der Waals surface area contributed by atoms with E-state index in [1.807, 2.05) is 13.8 Å². The monoisotopic (exact) mass is 236 g/mol. The van der Waals surface area contributed by atoms with Crippen LogP contribution in [0.3, 0.4) is 0 Å². The van der Waals surface area contributed by atoms with Crippen molar-refractivity contribution in [2.24, 2.45) is 16.2 Å². The van der Waals surface area contributed by atoms with Gasteiger partial charge in [0.25, 0.3) is 10.0 Å². The first kappa shape index (κ1) is 14.4. The molecule has 0 aliphatic rings. The number of hydrogen-bond donors (Lipinski definition) is 1. The minimum atomic E-state index is -3.47. The maximum atomic E-state index is 11.5. The molecule has 0 saturated carbocycles. The van der Waals surface area contributed by atoms with Crippen LogP contribution in [0.5, 0.6) is 0 Å². The van der Waals surface area contributed by atoms with Crippen molar-refractivity contribution in [3.63, 3.8) is 0 Å². The van der Waals surface area contributed by atoms with Crippen LogP contribution in [0.15, 0.2) is 4.40 Å². The molecule has 0 radical (unpaired) electrons. The average molecular weight is 236 g/mol. The number of aliphatic hydroxyl groups is 1. The highest BCUT2D eigenvalue weighted by atomic mass is 32.2. The lowest BCUT2D eigenvalue weighted by Gasteiger charge is -2.16. The molecule has 1 unspecified atom stereocenters. The Labute approximate surface area is 91.9 Å². The molecule has 90 valence electrons. The summed E-state index contributed by atoms with van der Waals surface area (Å²) in [5.74, 6) is -0.237. The lowest BCUT2D eigenvalue weighted by atomic mass is 9.99. The Morgan fingerprint density at radius 3 is 2.27 bits per heavy atom. The molecule has 6 heteroatoms. The number of nitrogens with zero attached hydrogens (tertiary/aromatic N) is 2. The molecule has 0 amide bonds. The summed E-state index contributed by atoms with van der Waals surface area (Å²) in [4.78, 5) is 1.56. The Balaban J connectivity index is 4.49. The van der Waals surface area contributed by atoms with Crippen LogP contribution in [0.25, 0.3) is 0 Å². The molecule has 1 atom stereocenters. The second kappa shape index (κ2) is 6.07. The van der Waals surface area contributed by atoms with Crippen molar-refractivity contribution in [2.75, 3.05) is 26.5 Å². The summed E-state index contributed by atoms with van der Waals surface area (Å²) >= 11 is 0. The van der Waals surface area contributed by atoms with Crippen LogP contribution in [-0.2, 0) is 10.0 Å². The lowest BCUT2D eigenvalue weighted by Crippen LogP contribution is -2.23. The Hall–Kier alpha value is -0.620. The fourth-order valence-corrected chi connectivity index (χ4v) is 2.39. The smallest absolute Gasteiger partial charge is 0.254 e. The van der Waals surface area contributed by atoms with E-state index in [0.717, 1.165) is 0 Å². The first-order valence-electron chi connectivity index (χ1n) is 4.84. The third kappa shape index (κ3) is 6.46. The maximum Gasteiger partial charge on any atom is 0.254 e. The summed E-state index contributed by atoms with van der Waals surface area (Å²) < 4.78 is 26.4. The second-order valence-electron chi connectivity index (χ2n) is 4.12. The molecule has 5 nitrogen and oxygen atoms in total. The Morgan fingerprint density at radius 1 is 1.40 bits per heavy atom. The van der Waals surface area contributed by atoms with Crippen molar-refractivity contribution in [3.8, 4) is 0 Å². The summed E-state index contributed by atoms with van der Waals surface area (Å²) in [6.45, 7) is 3.63. The number of aliphatic hydroxyl groups excluding tert-OH is 1. The highest BCUT2D eigenvalue weighted by Crippen LogP contribution is 2.13. The SMILES string of the molecule is CC(C)C(CO)CS(=O)(=O)/N=C/N(C)C. The van der Waals surface area contributed by atoms with Crippen molar-refractivity contribution < 1.29 is 13.5 Å². The van der Waals surface area contributed by atoms with Gasteiger partial charge in [-0.3, -0.25) is 0 Å². The summed E-state index contributed by atoms with van der Waals surface area (Å²) in [6, 6.07) is 0. The van der Waals surface area contributed by atoms with Crippen LogP contribution >= 0.6 is 0 Å². The minimum Gasteiger partial charge on any atom is -0.396 e. The molecular weight excluding hydrogens is 216 g/mol. The molecule has 0 fully saturated rings. The van der Waals surface area contributed by atoms with Crippen LogP contribution in [0.1, 0.15) is 13.8 Å². The van der Waals surface area contributed by atoms with Gasteiger partial charge in [-0.15, -0.1) is 0 Å². The third-order valence-electron chi connectivity index (χ3n) is 2.04. The Kier molecular flexibility index (Phi) is 5.82. The lowest BCUT2D eigenvalue weighted by molar-refractivity contribution is 0.204. The van der Waals surface area contributed by atoms with E-state index in [1.54, 1.807) is 19.0 Å². The highest BCUT2D eigenvalue weighted by molar-refractivity contribution is 7.90. The minimum absolute atomic E-state index is 0.106. The molecule has 0 bridgehead atoms. The fraction of sp³-hybridized carbons (Fsp3) is 0.889. The largest absolute Gasteiger partial charge is 0.396 e. The van der Waals surface area contributed by atoms with Crippen LogP contribution in [0.2, 0.25) is 0 Å². The topological polar surface area (TPSA) is 70.0 Å². The molecule has 0 rings (SSSR count). The van der Waals surface area contributed by atoms with Gasteiger partial charge in [0.1, 0.15) is 6.34 Å². The Bertz CT molecular complexity index is 296. The van der Waals surface area contributed by atoms with E-state index in [9.17, 15) is 8.42 Å². The van der Waals surface area contributed by atoms with Gasteiger partial charge < -0.3 is 10.0 Å². The molecule has 0 aromatic heterocycles. The standard InChI is InChI=1S/C9H20N2O3S/c1-8(2)9(5-12)6-15(13,14)10-7-11(3)4/h7-9,12H,5-6H2,1-4H3/b10-7+.